The van der Waals surface area contributed by atoms with Crippen LogP contribution in [0.4, 0.5) is 5.69 Å². The van der Waals surface area contributed by atoms with Crippen molar-refractivity contribution in [2.45, 2.75) is 46.1 Å². The van der Waals surface area contributed by atoms with Gasteiger partial charge in [0.15, 0.2) is 0 Å². The van der Waals surface area contributed by atoms with Crippen molar-refractivity contribution in [3.05, 3.63) is 33.6 Å². The van der Waals surface area contributed by atoms with E-state index in [1.54, 1.807) is 6.92 Å². The summed E-state index contributed by atoms with van der Waals surface area (Å²) in [5.74, 6) is 0.232. The van der Waals surface area contributed by atoms with E-state index in [-0.39, 0.29) is 11.6 Å². The number of rotatable bonds is 6. The molecule has 2 unspecified atom stereocenters. The Morgan fingerprint density at radius 3 is 2.67 bits per heavy atom. The fourth-order valence-electron chi connectivity index (χ4n) is 1.82. The second-order valence-corrected chi connectivity index (χ2v) is 4.68. The third-order valence-electron chi connectivity index (χ3n) is 3.23. The summed E-state index contributed by atoms with van der Waals surface area (Å²) < 4.78 is 0. The average molecular weight is 251 g/mol. The van der Waals surface area contributed by atoms with Gasteiger partial charge in [0.1, 0.15) is 6.20 Å². The fraction of sp³-hybridized carbons (Fsp3) is 0.615. The van der Waals surface area contributed by atoms with Gasteiger partial charge in [0.25, 0.3) is 5.69 Å². The van der Waals surface area contributed by atoms with Crippen molar-refractivity contribution >= 4 is 5.69 Å². The molecule has 2 atom stereocenters. The molecule has 5 nitrogen and oxygen atoms in total. The molecule has 0 saturated heterocycles. The number of pyridine rings is 1. The lowest BCUT2D eigenvalue weighted by Crippen LogP contribution is -2.31. The van der Waals surface area contributed by atoms with Gasteiger partial charge in [0, 0.05) is 23.2 Å². The maximum atomic E-state index is 10.7. The molecular weight excluding hydrogens is 230 g/mol. The topological polar surface area (TPSA) is 68.1 Å². The van der Waals surface area contributed by atoms with Crippen LogP contribution in [0.1, 0.15) is 44.4 Å². The molecular formula is C13H21N3O2. The van der Waals surface area contributed by atoms with Crippen LogP contribution >= 0.6 is 0 Å². The van der Waals surface area contributed by atoms with Gasteiger partial charge in [0.2, 0.25) is 0 Å². The molecule has 18 heavy (non-hydrogen) atoms. The largest absolute Gasteiger partial charge is 0.314 e. The van der Waals surface area contributed by atoms with Crippen LogP contribution in [0, 0.1) is 17.0 Å². The van der Waals surface area contributed by atoms with Crippen molar-refractivity contribution in [2.75, 3.05) is 6.54 Å². The highest BCUT2D eigenvalue weighted by molar-refractivity contribution is 5.38. The summed E-state index contributed by atoms with van der Waals surface area (Å²) >= 11 is 0. The molecule has 1 heterocycles. The highest BCUT2D eigenvalue weighted by Gasteiger charge is 2.18. The monoisotopic (exact) mass is 251 g/mol. The van der Waals surface area contributed by atoms with Crippen molar-refractivity contribution in [2.24, 2.45) is 0 Å². The number of aryl methyl sites for hydroxylation is 1. The molecule has 0 spiro atoms. The molecule has 0 aromatic carbocycles. The Kier molecular flexibility index (Phi) is 5.22. The minimum absolute atomic E-state index is 0.0834. The summed E-state index contributed by atoms with van der Waals surface area (Å²) in [6.07, 6.45) is 2.44. The van der Waals surface area contributed by atoms with Gasteiger partial charge in [-0.1, -0.05) is 13.8 Å². The average Bonchev–Trinajstić information content (AvgIpc) is 2.34. The van der Waals surface area contributed by atoms with E-state index in [1.165, 1.54) is 6.20 Å². The quantitative estimate of drug-likeness (QED) is 0.623. The van der Waals surface area contributed by atoms with Crippen molar-refractivity contribution in [1.82, 2.24) is 10.3 Å². The summed E-state index contributed by atoms with van der Waals surface area (Å²) in [5, 5.41) is 14.1. The molecule has 1 N–H and O–H groups in total. The summed E-state index contributed by atoms with van der Waals surface area (Å²) in [4.78, 5) is 14.5. The van der Waals surface area contributed by atoms with E-state index in [0.717, 1.165) is 18.7 Å². The zero-order valence-electron chi connectivity index (χ0n) is 11.4. The smallest absolute Gasteiger partial charge is 0.290 e. The van der Waals surface area contributed by atoms with Gasteiger partial charge < -0.3 is 5.32 Å². The van der Waals surface area contributed by atoms with Gasteiger partial charge in [-0.05, 0) is 32.9 Å². The van der Waals surface area contributed by atoms with E-state index in [2.05, 4.69) is 31.1 Å². The number of nitro groups is 1. The molecule has 1 aromatic rings. The molecule has 0 fully saturated rings. The number of hydrogen-bond donors (Lipinski definition) is 1. The molecule has 1 aromatic heterocycles. The van der Waals surface area contributed by atoms with Crippen LogP contribution in [0.2, 0.25) is 0 Å². The number of nitrogens with one attached hydrogen (secondary N) is 1. The normalized spacial score (nSPS) is 14.2. The van der Waals surface area contributed by atoms with E-state index < -0.39 is 4.92 Å². The SMILES string of the molecule is CCCNC(C)C(C)c1cc(C)c([N+](=O)[O-])cn1. The Bertz CT molecular complexity index is 421. The molecule has 5 heteroatoms. The Morgan fingerprint density at radius 1 is 1.50 bits per heavy atom. The van der Waals surface area contributed by atoms with Gasteiger partial charge in [0.05, 0.1) is 4.92 Å². The van der Waals surface area contributed by atoms with E-state index in [9.17, 15) is 10.1 Å². The molecule has 0 bridgehead atoms. The van der Waals surface area contributed by atoms with Crippen molar-refractivity contribution in [3.63, 3.8) is 0 Å². The van der Waals surface area contributed by atoms with E-state index in [1.807, 2.05) is 6.07 Å². The highest BCUT2D eigenvalue weighted by atomic mass is 16.6. The standard InChI is InChI=1S/C13H21N3O2/c1-5-6-14-11(4)10(3)12-7-9(2)13(8-15-12)16(17)18/h7-8,10-11,14H,5-6H2,1-4H3. The highest BCUT2D eigenvalue weighted by Crippen LogP contribution is 2.23. The molecule has 0 saturated carbocycles. The Morgan fingerprint density at radius 2 is 2.17 bits per heavy atom. The first kappa shape index (κ1) is 14.6. The lowest BCUT2D eigenvalue weighted by Gasteiger charge is -2.20. The predicted molar refractivity (Wildman–Crippen MR) is 71.8 cm³/mol. The molecule has 0 aliphatic rings. The third-order valence-corrected chi connectivity index (χ3v) is 3.23. The van der Waals surface area contributed by atoms with E-state index >= 15 is 0 Å². The van der Waals surface area contributed by atoms with Gasteiger partial charge in [-0.15, -0.1) is 0 Å². The number of nitrogens with zero attached hydrogens (tertiary/aromatic N) is 2. The first-order valence-corrected chi connectivity index (χ1v) is 6.31. The van der Waals surface area contributed by atoms with Crippen LogP contribution in [0.5, 0.6) is 0 Å². The van der Waals surface area contributed by atoms with E-state index in [0.29, 0.717) is 11.6 Å². The summed E-state index contributed by atoms with van der Waals surface area (Å²) in [6.45, 7) is 9.04. The summed E-state index contributed by atoms with van der Waals surface area (Å²) in [5.41, 5.74) is 1.65. The second kappa shape index (κ2) is 6.44. The predicted octanol–water partition coefficient (Wildman–Crippen LogP) is 2.79. The maximum absolute atomic E-state index is 10.7. The Labute approximate surface area is 108 Å². The van der Waals surface area contributed by atoms with Crippen molar-refractivity contribution in [1.29, 1.82) is 0 Å². The van der Waals surface area contributed by atoms with Crippen LogP contribution in [-0.2, 0) is 0 Å². The van der Waals surface area contributed by atoms with Gasteiger partial charge >= 0.3 is 0 Å². The second-order valence-electron chi connectivity index (χ2n) is 4.68. The van der Waals surface area contributed by atoms with E-state index in [4.69, 9.17) is 0 Å². The zero-order chi connectivity index (χ0) is 13.7. The van der Waals surface area contributed by atoms with Gasteiger partial charge in [-0.2, -0.15) is 0 Å². The fourth-order valence-corrected chi connectivity index (χ4v) is 1.82. The van der Waals surface area contributed by atoms with Crippen molar-refractivity contribution < 1.29 is 4.92 Å². The third kappa shape index (κ3) is 3.50. The Hall–Kier alpha value is -1.49. The zero-order valence-corrected chi connectivity index (χ0v) is 11.4. The minimum Gasteiger partial charge on any atom is -0.314 e. The van der Waals surface area contributed by atoms with Crippen molar-refractivity contribution in [3.8, 4) is 0 Å². The minimum atomic E-state index is -0.393. The van der Waals surface area contributed by atoms with Gasteiger partial charge in [-0.25, -0.2) is 0 Å². The summed E-state index contributed by atoms with van der Waals surface area (Å²) in [6, 6.07) is 2.12. The number of aromatic nitrogens is 1. The van der Waals surface area contributed by atoms with Crippen LogP contribution in [0.3, 0.4) is 0 Å². The summed E-state index contributed by atoms with van der Waals surface area (Å²) in [7, 11) is 0. The lowest BCUT2D eigenvalue weighted by atomic mass is 9.97. The Balaban J connectivity index is 2.83. The molecule has 0 aliphatic carbocycles. The van der Waals surface area contributed by atoms with Crippen LogP contribution in [0.15, 0.2) is 12.3 Å². The first-order chi connectivity index (χ1) is 8.47. The molecule has 100 valence electrons. The van der Waals surface area contributed by atoms with Gasteiger partial charge in [-0.3, -0.25) is 15.1 Å². The molecule has 0 radical (unpaired) electrons. The van der Waals surface area contributed by atoms with Crippen LogP contribution in [0.25, 0.3) is 0 Å². The molecule has 1 rings (SSSR count). The maximum Gasteiger partial charge on any atom is 0.290 e. The molecule has 0 amide bonds. The van der Waals surface area contributed by atoms with Crippen LogP contribution in [-0.4, -0.2) is 22.5 Å². The van der Waals surface area contributed by atoms with Crippen LogP contribution < -0.4 is 5.32 Å². The number of hydrogen-bond acceptors (Lipinski definition) is 4. The molecule has 0 aliphatic heterocycles. The lowest BCUT2D eigenvalue weighted by molar-refractivity contribution is -0.385. The first-order valence-electron chi connectivity index (χ1n) is 6.31.